The van der Waals surface area contributed by atoms with Crippen molar-refractivity contribution in [2.45, 2.75) is 38.0 Å². The summed E-state index contributed by atoms with van der Waals surface area (Å²) in [6.45, 7) is 1.43. The van der Waals surface area contributed by atoms with Crippen molar-refractivity contribution in [2.24, 2.45) is 11.3 Å². The molecule has 106 valence electrons. The number of rotatable bonds is 3. The number of anilines is 1. The van der Waals surface area contributed by atoms with Crippen LogP contribution in [0.2, 0.25) is 0 Å². The number of fused-ring (bicyclic) bond motifs is 1. The lowest BCUT2D eigenvalue weighted by atomic mass is 9.81. The Bertz CT molecular complexity index is 558. The van der Waals surface area contributed by atoms with E-state index in [0.717, 1.165) is 37.4 Å². The molecule has 3 fully saturated rings. The first-order chi connectivity index (χ1) is 9.69. The van der Waals surface area contributed by atoms with Crippen LogP contribution in [-0.2, 0) is 4.79 Å². The van der Waals surface area contributed by atoms with Crippen LogP contribution in [0.3, 0.4) is 0 Å². The second kappa shape index (κ2) is 4.17. The van der Waals surface area contributed by atoms with E-state index >= 15 is 0 Å². The maximum Gasteiger partial charge on any atom is 0.311 e. The van der Waals surface area contributed by atoms with Crippen LogP contribution in [0.1, 0.15) is 43.8 Å². The number of carboxylic acids is 1. The number of aliphatic carboxylic acids is 1. The largest absolute Gasteiger partial charge is 0.481 e. The van der Waals surface area contributed by atoms with Gasteiger partial charge in [-0.25, -0.2) is 9.97 Å². The zero-order valence-electron chi connectivity index (χ0n) is 11.5. The average molecular weight is 273 g/mol. The summed E-state index contributed by atoms with van der Waals surface area (Å²) in [7, 11) is 0. The van der Waals surface area contributed by atoms with Crippen LogP contribution in [0.5, 0.6) is 0 Å². The number of aromatic nitrogens is 2. The van der Waals surface area contributed by atoms with Crippen LogP contribution in [0, 0.1) is 11.3 Å². The van der Waals surface area contributed by atoms with Gasteiger partial charge in [-0.3, -0.25) is 4.79 Å². The van der Waals surface area contributed by atoms with E-state index in [9.17, 15) is 9.90 Å². The van der Waals surface area contributed by atoms with Gasteiger partial charge in [0.05, 0.1) is 5.41 Å². The molecule has 0 spiro atoms. The van der Waals surface area contributed by atoms with Gasteiger partial charge in [-0.1, -0.05) is 6.42 Å². The molecule has 20 heavy (non-hydrogen) atoms. The fourth-order valence-corrected chi connectivity index (χ4v) is 3.89. The van der Waals surface area contributed by atoms with Crippen LogP contribution in [0.15, 0.2) is 12.3 Å². The quantitative estimate of drug-likeness (QED) is 0.913. The average Bonchev–Trinajstić information content (AvgIpc) is 3.10. The molecule has 1 aromatic heterocycles. The maximum absolute atomic E-state index is 11.7. The van der Waals surface area contributed by atoms with Gasteiger partial charge in [-0.15, -0.1) is 0 Å². The molecule has 0 aromatic carbocycles. The molecular weight excluding hydrogens is 254 g/mol. The molecule has 1 aromatic rings. The summed E-state index contributed by atoms with van der Waals surface area (Å²) in [6, 6.07) is 1.92. The van der Waals surface area contributed by atoms with Gasteiger partial charge >= 0.3 is 5.97 Å². The number of hydrogen-bond donors (Lipinski definition) is 1. The molecular formula is C15H19N3O2. The van der Waals surface area contributed by atoms with Crippen LogP contribution >= 0.6 is 0 Å². The lowest BCUT2D eigenvalue weighted by Gasteiger charge is -2.23. The van der Waals surface area contributed by atoms with E-state index in [-0.39, 0.29) is 5.92 Å². The fourth-order valence-electron chi connectivity index (χ4n) is 3.89. The highest BCUT2D eigenvalue weighted by Gasteiger charge is 2.55. The molecule has 2 heterocycles. The molecule has 1 N–H and O–H groups in total. The summed E-state index contributed by atoms with van der Waals surface area (Å²) in [5.41, 5.74) is -0.537. The first kappa shape index (κ1) is 12.1. The predicted octanol–water partition coefficient (Wildman–Crippen LogP) is 2.05. The normalized spacial score (nSPS) is 32.4. The predicted molar refractivity (Wildman–Crippen MR) is 73.6 cm³/mol. The molecule has 0 unspecified atom stereocenters. The van der Waals surface area contributed by atoms with E-state index in [0.29, 0.717) is 12.5 Å². The van der Waals surface area contributed by atoms with Crippen molar-refractivity contribution in [2.75, 3.05) is 18.0 Å². The standard InChI is InChI=1S/C15H19N3O2/c19-14(20)15-6-1-2-11(15)8-18(9-15)12-5-7-16-13(17-12)10-3-4-10/h5,7,10-11H,1-4,6,8-9H2,(H,19,20)/t11-,15+/m0/s1. The third kappa shape index (κ3) is 1.72. The highest BCUT2D eigenvalue weighted by atomic mass is 16.4. The Morgan fingerprint density at radius 3 is 2.95 bits per heavy atom. The van der Waals surface area contributed by atoms with E-state index in [1.54, 1.807) is 0 Å². The Labute approximate surface area is 118 Å². The summed E-state index contributed by atoms with van der Waals surface area (Å²) in [5.74, 6) is 2.03. The van der Waals surface area contributed by atoms with Crippen LogP contribution < -0.4 is 4.90 Å². The van der Waals surface area contributed by atoms with Crippen molar-refractivity contribution >= 4 is 11.8 Å². The second-order valence-corrected chi connectivity index (χ2v) is 6.48. The summed E-state index contributed by atoms with van der Waals surface area (Å²) in [4.78, 5) is 22.9. The monoisotopic (exact) mass is 273 g/mol. The Morgan fingerprint density at radius 1 is 1.40 bits per heavy atom. The zero-order chi connectivity index (χ0) is 13.7. The van der Waals surface area contributed by atoms with Crippen LogP contribution in [0.25, 0.3) is 0 Å². The maximum atomic E-state index is 11.7. The number of carbonyl (C=O) groups is 1. The van der Waals surface area contributed by atoms with Gasteiger partial charge in [0, 0.05) is 25.2 Å². The Kier molecular flexibility index (Phi) is 2.53. The Balaban J connectivity index is 1.61. The van der Waals surface area contributed by atoms with Crippen molar-refractivity contribution in [1.82, 2.24) is 9.97 Å². The molecule has 3 aliphatic rings. The lowest BCUT2D eigenvalue weighted by molar-refractivity contribution is -0.149. The molecule has 0 radical (unpaired) electrons. The number of hydrogen-bond acceptors (Lipinski definition) is 4. The van der Waals surface area contributed by atoms with Gasteiger partial charge in [0.1, 0.15) is 11.6 Å². The lowest BCUT2D eigenvalue weighted by Crippen LogP contribution is -2.35. The summed E-state index contributed by atoms with van der Waals surface area (Å²) in [6.07, 6.45) is 7.07. The molecule has 1 aliphatic heterocycles. The summed E-state index contributed by atoms with van der Waals surface area (Å²) in [5, 5.41) is 9.63. The number of nitrogens with zero attached hydrogens (tertiary/aromatic N) is 3. The molecule has 0 amide bonds. The van der Waals surface area contributed by atoms with Gasteiger partial charge in [-0.05, 0) is 37.7 Å². The minimum Gasteiger partial charge on any atom is -0.481 e. The smallest absolute Gasteiger partial charge is 0.311 e. The fraction of sp³-hybridized carbons (Fsp3) is 0.667. The molecule has 2 aliphatic carbocycles. The number of carboxylic acid groups (broad SMARTS) is 1. The molecule has 2 saturated carbocycles. The molecule has 1 saturated heterocycles. The van der Waals surface area contributed by atoms with Crippen molar-refractivity contribution in [3.8, 4) is 0 Å². The molecule has 2 atom stereocenters. The van der Waals surface area contributed by atoms with E-state index in [1.165, 1.54) is 12.8 Å². The first-order valence-electron chi connectivity index (χ1n) is 7.50. The Hall–Kier alpha value is -1.65. The van der Waals surface area contributed by atoms with Crippen LogP contribution in [0.4, 0.5) is 5.82 Å². The first-order valence-corrected chi connectivity index (χ1v) is 7.50. The van der Waals surface area contributed by atoms with E-state index in [4.69, 9.17) is 0 Å². The molecule has 0 bridgehead atoms. The highest BCUT2D eigenvalue weighted by molar-refractivity contribution is 5.77. The SMILES string of the molecule is O=C(O)[C@@]12CCC[C@H]1CN(c1ccnc(C3CC3)n1)C2. The minimum absolute atomic E-state index is 0.277. The molecule has 5 nitrogen and oxygen atoms in total. The summed E-state index contributed by atoms with van der Waals surface area (Å²) < 4.78 is 0. The third-order valence-corrected chi connectivity index (χ3v) is 5.22. The minimum atomic E-state index is -0.626. The van der Waals surface area contributed by atoms with E-state index in [1.807, 2.05) is 12.3 Å². The van der Waals surface area contributed by atoms with Crippen LogP contribution in [-0.4, -0.2) is 34.1 Å². The van der Waals surface area contributed by atoms with Crippen molar-refractivity contribution in [3.05, 3.63) is 18.1 Å². The van der Waals surface area contributed by atoms with Gasteiger partial charge in [-0.2, -0.15) is 0 Å². The Morgan fingerprint density at radius 2 is 2.25 bits per heavy atom. The molecule has 4 rings (SSSR count). The van der Waals surface area contributed by atoms with Gasteiger partial charge < -0.3 is 10.0 Å². The topological polar surface area (TPSA) is 66.3 Å². The van der Waals surface area contributed by atoms with Crippen molar-refractivity contribution in [3.63, 3.8) is 0 Å². The van der Waals surface area contributed by atoms with Gasteiger partial charge in [0.2, 0.25) is 0 Å². The van der Waals surface area contributed by atoms with E-state index < -0.39 is 11.4 Å². The zero-order valence-corrected chi connectivity index (χ0v) is 11.5. The van der Waals surface area contributed by atoms with Crippen molar-refractivity contribution < 1.29 is 9.90 Å². The van der Waals surface area contributed by atoms with Gasteiger partial charge in [0.25, 0.3) is 0 Å². The molecule has 5 heteroatoms. The highest BCUT2D eigenvalue weighted by Crippen LogP contribution is 2.49. The second-order valence-electron chi connectivity index (χ2n) is 6.48. The summed E-state index contributed by atoms with van der Waals surface area (Å²) >= 11 is 0. The van der Waals surface area contributed by atoms with E-state index in [2.05, 4.69) is 14.9 Å². The van der Waals surface area contributed by atoms with Gasteiger partial charge in [0.15, 0.2) is 0 Å². The third-order valence-electron chi connectivity index (χ3n) is 5.22. The van der Waals surface area contributed by atoms with Crippen molar-refractivity contribution in [1.29, 1.82) is 0 Å².